The monoisotopic (exact) mass is 332 g/mol. The number of nitrogens with zero attached hydrogens (tertiary/aromatic N) is 2. The number of benzene rings is 3. The highest BCUT2D eigenvalue weighted by atomic mass is 16.3. The Morgan fingerprint density at radius 2 is 1.00 bits per heavy atom. The van der Waals surface area contributed by atoms with E-state index >= 15 is 0 Å². The summed E-state index contributed by atoms with van der Waals surface area (Å²) >= 11 is 0. The van der Waals surface area contributed by atoms with Gasteiger partial charge in [0.25, 0.3) is 0 Å². The van der Waals surface area contributed by atoms with Crippen LogP contribution in [0, 0.1) is 0 Å². The van der Waals surface area contributed by atoms with Crippen LogP contribution >= 0.6 is 0 Å². The van der Waals surface area contributed by atoms with Gasteiger partial charge in [-0.3, -0.25) is 0 Å². The molecule has 0 saturated carbocycles. The van der Waals surface area contributed by atoms with Crippen molar-refractivity contribution in [2.24, 2.45) is 0 Å². The Kier molecular flexibility index (Phi) is 5.40. The van der Waals surface area contributed by atoms with Gasteiger partial charge in [0.1, 0.15) is 16.8 Å². The number of aromatic hydroxyl groups is 1. The van der Waals surface area contributed by atoms with Crippen molar-refractivity contribution >= 4 is 22.2 Å². The molecule has 0 spiro atoms. The van der Waals surface area contributed by atoms with Crippen LogP contribution in [0.5, 0.6) is 5.75 Å². The molecular formula is C20H16N2O3. The van der Waals surface area contributed by atoms with Crippen molar-refractivity contribution in [3.8, 4) is 5.75 Å². The number of hydrogen-bond donors (Lipinski definition) is 1. The average molecular weight is 332 g/mol. The first-order chi connectivity index (χ1) is 12.3. The van der Waals surface area contributed by atoms with Crippen LogP contribution in [-0.2, 0) is 0 Å². The third kappa shape index (κ3) is 4.68. The normalized spacial score (nSPS) is 9.76. The summed E-state index contributed by atoms with van der Waals surface area (Å²) in [5.74, 6) is 0.322. The van der Waals surface area contributed by atoms with E-state index in [0.717, 1.165) is 22.2 Å². The fourth-order valence-corrected chi connectivity index (χ4v) is 2.03. The van der Waals surface area contributed by atoms with Crippen molar-refractivity contribution in [2.75, 3.05) is 0 Å². The summed E-state index contributed by atoms with van der Waals surface area (Å²) in [7, 11) is 0. The maximum absolute atomic E-state index is 8.63. The van der Waals surface area contributed by atoms with Gasteiger partial charge in [-0.05, 0) is 36.4 Å². The van der Waals surface area contributed by atoms with Gasteiger partial charge in [0.05, 0.1) is 0 Å². The fourth-order valence-electron chi connectivity index (χ4n) is 2.03. The second-order valence-corrected chi connectivity index (χ2v) is 4.98. The van der Waals surface area contributed by atoms with E-state index in [-0.39, 0.29) is 0 Å². The first kappa shape index (κ1) is 16.3. The highest BCUT2D eigenvalue weighted by molar-refractivity contribution is 5.71. The number of fused-ring (bicyclic) bond motifs is 2. The van der Waals surface area contributed by atoms with Crippen molar-refractivity contribution in [1.29, 1.82) is 0 Å². The number of oxazole rings is 2. The van der Waals surface area contributed by atoms with Crippen LogP contribution in [0.25, 0.3) is 22.2 Å². The second-order valence-electron chi connectivity index (χ2n) is 4.98. The molecule has 0 aliphatic carbocycles. The van der Waals surface area contributed by atoms with Gasteiger partial charge in [-0.1, -0.05) is 42.5 Å². The lowest BCUT2D eigenvalue weighted by molar-refractivity contribution is 0.475. The van der Waals surface area contributed by atoms with Gasteiger partial charge >= 0.3 is 0 Å². The minimum atomic E-state index is 0.322. The molecule has 5 nitrogen and oxygen atoms in total. The molecule has 1 N–H and O–H groups in total. The molecule has 5 heteroatoms. The van der Waals surface area contributed by atoms with Crippen LogP contribution in [0.15, 0.2) is 100 Å². The second kappa shape index (κ2) is 8.31. The third-order valence-electron chi connectivity index (χ3n) is 3.23. The van der Waals surface area contributed by atoms with Gasteiger partial charge in [0, 0.05) is 0 Å². The molecule has 124 valence electrons. The Hall–Kier alpha value is -3.60. The van der Waals surface area contributed by atoms with Crippen LogP contribution in [-0.4, -0.2) is 15.1 Å². The molecule has 2 heterocycles. The summed E-state index contributed by atoms with van der Waals surface area (Å²) in [6.45, 7) is 0. The summed E-state index contributed by atoms with van der Waals surface area (Å²) in [6, 6.07) is 24.0. The highest BCUT2D eigenvalue weighted by Crippen LogP contribution is 2.09. The summed E-state index contributed by atoms with van der Waals surface area (Å²) < 4.78 is 10.0. The van der Waals surface area contributed by atoms with Crippen molar-refractivity contribution in [3.63, 3.8) is 0 Å². The molecule has 0 fully saturated rings. The molecular weight excluding hydrogens is 316 g/mol. The number of phenolic OH excluding ortho intramolecular Hbond substituents is 1. The molecule has 5 rings (SSSR count). The number of rotatable bonds is 0. The summed E-state index contributed by atoms with van der Waals surface area (Å²) in [5, 5.41) is 8.63. The van der Waals surface area contributed by atoms with Crippen LogP contribution in [0.1, 0.15) is 0 Å². The lowest BCUT2D eigenvalue weighted by atomic mass is 10.3. The van der Waals surface area contributed by atoms with E-state index in [4.69, 9.17) is 13.9 Å². The quantitative estimate of drug-likeness (QED) is 0.430. The molecule has 0 radical (unpaired) electrons. The third-order valence-corrected chi connectivity index (χ3v) is 3.23. The Bertz CT molecular complexity index is 896. The average Bonchev–Trinajstić information content (AvgIpc) is 3.32. The molecule has 0 saturated heterocycles. The molecule has 0 aliphatic rings. The van der Waals surface area contributed by atoms with E-state index in [1.165, 1.54) is 12.8 Å². The molecule has 0 aliphatic heterocycles. The SMILES string of the molecule is Oc1ccccc1.c1ccc2ocnc2c1.c1ccc2ocnc2c1. The van der Waals surface area contributed by atoms with Gasteiger partial charge in [-0.25, -0.2) is 9.97 Å². The van der Waals surface area contributed by atoms with Gasteiger partial charge in [-0.2, -0.15) is 0 Å². The van der Waals surface area contributed by atoms with Crippen LogP contribution < -0.4 is 0 Å². The Morgan fingerprint density at radius 3 is 1.40 bits per heavy atom. The molecule has 5 aromatic rings. The maximum Gasteiger partial charge on any atom is 0.181 e. The fraction of sp³-hybridized carbons (Fsp3) is 0. The van der Waals surface area contributed by atoms with Crippen LogP contribution in [0.4, 0.5) is 0 Å². The molecule has 0 bridgehead atoms. The van der Waals surface area contributed by atoms with Gasteiger partial charge < -0.3 is 13.9 Å². The van der Waals surface area contributed by atoms with E-state index in [0.29, 0.717) is 5.75 Å². The Morgan fingerprint density at radius 1 is 0.560 bits per heavy atom. The van der Waals surface area contributed by atoms with E-state index in [1.54, 1.807) is 24.3 Å². The Labute approximate surface area is 144 Å². The standard InChI is InChI=1S/2C7H5NO.C6H6O/c2*1-2-4-7-6(3-1)8-5-9-7;7-6-4-2-1-3-5-6/h2*1-5H;1-5,7H. The minimum Gasteiger partial charge on any atom is -0.508 e. The van der Waals surface area contributed by atoms with Gasteiger partial charge in [0.15, 0.2) is 24.0 Å². The van der Waals surface area contributed by atoms with E-state index in [9.17, 15) is 0 Å². The lowest BCUT2D eigenvalue weighted by Crippen LogP contribution is -1.61. The van der Waals surface area contributed by atoms with Crippen molar-refractivity contribution < 1.29 is 13.9 Å². The zero-order valence-electron chi connectivity index (χ0n) is 13.3. The molecule has 0 atom stereocenters. The predicted molar refractivity (Wildman–Crippen MR) is 96.1 cm³/mol. The molecule has 0 unspecified atom stereocenters. The van der Waals surface area contributed by atoms with Gasteiger partial charge in [-0.15, -0.1) is 0 Å². The number of aromatic nitrogens is 2. The first-order valence-corrected chi connectivity index (χ1v) is 7.63. The topological polar surface area (TPSA) is 72.3 Å². The van der Waals surface area contributed by atoms with Crippen molar-refractivity contribution in [1.82, 2.24) is 9.97 Å². The predicted octanol–water partition coefficient (Wildman–Crippen LogP) is 5.05. The zero-order valence-corrected chi connectivity index (χ0v) is 13.3. The van der Waals surface area contributed by atoms with Gasteiger partial charge in [0.2, 0.25) is 0 Å². The van der Waals surface area contributed by atoms with E-state index < -0.39 is 0 Å². The first-order valence-electron chi connectivity index (χ1n) is 7.63. The number of phenols is 1. The summed E-state index contributed by atoms with van der Waals surface area (Å²) in [5.41, 5.74) is 3.52. The van der Waals surface area contributed by atoms with Crippen LogP contribution in [0.2, 0.25) is 0 Å². The van der Waals surface area contributed by atoms with E-state index in [1.807, 2.05) is 54.6 Å². The lowest BCUT2D eigenvalue weighted by Gasteiger charge is -1.82. The molecule has 2 aromatic heterocycles. The minimum absolute atomic E-state index is 0.322. The largest absolute Gasteiger partial charge is 0.508 e. The summed E-state index contributed by atoms with van der Waals surface area (Å²) in [4.78, 5) is 7.90. The van der Waals surface area contributed by atoms with Crippen LogP contribution in [0.3, 0.4) is 0 Å². The molecule has 25 heavy (non-hydrogen) atoms. The van der Waals surface area contributed by atoms with Crippen molar-refractivity contribution in [2.45, 2.75) is 0 Å². The maximum atomic E-state index is 8.63. The molecule has 0 amide bonds. The number of hydrogen-bond acceptors (Lipinski definition) is 5. The smallest absolute Gasteiger partial charge is 0.181 e. The Balaban J connectivity index is 0.000000111. The van der Waals surface area contributed by atoms with E-state index in [2.05, 4.69) is 9.97 Å². The highest BCUT2D eigenvalue weighted by Gasteiger charge is 1.92. The molecule has 3 aromatic carbocycles. The van der Waals surface area contributed by atoms with Crippen molar-refractivity contribution in [3.05, 3.63) is 91.7 Å². The summed E-state index contributed by atoms with van der Waals surface area (Å²) in [6.07, 6.45) is 2.90. The number of para-hydroxylation sites is 5. The zero-order chi connectivity index (χ0) is 17.3.